The number of tetrazole rings is 1. The third-order valence-electron chi connectivity index (χ3n) is 4.68. The third kappa shape index (κ3) is 3.25. The Morgan fingerprint density at radius 1 is 1.07 bits per heavy atom. The summed E-state index contributed by atoms with van der Waals surface area (Å²) in [4.78, 5) is 2.06. The smallest absolute Gasteiger partial charge is 0.396 e. The molecule has 0 fully saturated rings. The molecule has 1 aromatic heterocycles. The van der Waals surface area contributed by atoms with Crippen LogP contribution in [0.1, 0.15) is 22.9 Å². The largest absolute Gasteiger partial charge is 0.416 e. The van der Waals surface area contributed by atoms with E-state index in [4.69, 9.17) is 0 Å². The lowest BCUT2D eigenvalue weighted by Gasteiger charge is -2.19. The molecule has 0 spiro atoms. The molecule has 0 amide bonds. The Bertz CT molecular complexity index is 939. The molecule has 4 rings (SSSR count). The second-order valence-corrected chi connectivity index (χ2v) is 6.37. The number of benzene rings is 2. The molecule has 2 aromatic carbocycles. The van der Waals surface area contributed by atoms with Crippen LogP contribution in [0.4, 0.5) is 18.9 Å². The molecule has 0 radical (unpaired) electrons. The number of anilines is 1. The van der Waals surface area contributed by atoms with Crippen LogP contribution in [0.2, 0.25) is 0 Å². The summed E-state index contributed by atoms with van der Waals surface area (Å²) in [5.74, 6) is 0.514. The highest BCUT2D eigenvalue weighted by Gasteiger charge is 2.31. The monoisotopic (exact) mass is 375 g/mol. The van der Waals surface area contributed by atoms with Crippen molar-refractivity contribution < 1.29 is 18.3 Å². The first kappa shape index (κ1) is 17.5. The van der Waals surface area contributed by atoms with Gasteiger partial charge < -0.3 is 10.0 Å². The van der Waals surface area contributed by atoms with Gasteiger partial charge in [0.25, 0.3) is 0 Å². The van der Waals surface area contributed by atoms with Crippen molar-refractivity contribution in [1.82, 2.24) is 20.2 Å². The number of para-hydroxylation sites is 1. The fourth-order valence-electron chi connectivity index (χ4n) is 3.36. The number of nitrogens with zero attached hydrogens (tertiary/aromatic N) is 5. The molecule has 2 heterocycles. The fourth-order valence-corrected chi connectivity index (χ4v) is 3.36. The number of hydrogen-bond donors (Lipinski definition) is 1. The maximum Gasteiger partial charge on any atom is 0.416 e. The Morgan fingerprint density at radius 2 is 1.81 bits per heavy atom. The average molecular weight is 375 g/mol. The normalized spacial score (nSPS) is 16.6. The van der Waals surface area contributed by atoms with Gasteiger partial charge in [-0.15, -0.1) is 5.10 Å². The predicted octanol–water partition coefficient (Wildman–Crippen LogP) is 2.78. The highest BCUT2D eigenvalue weighted by molar-refractivity contribution is 5.60. The minimum Gasteiger partial charge on any atom is -0.396 e. The summed E-state index contributed by atoms with van der Waals surface area (Å²) in [6.45, 7) is 1.04. The van der Waals surface area contributed by atoms with Gasteiger partial charge in [-0.05, 0) is 46.3 Å². The number of aliphatic hydroxyl groups excluding tert-OH is 1. The zero-order valence-corrected chi connectivity index (χ0v) is 14.1. The first-order valence-electron chi connectivity index (χ1n) is 8.37. The molecule has 0 saturated carbocycles. The van der Waals surface area contributed by atoms with Crippen molar-refractivity contribution in [3.05, 3.63) is 65.5 Å². The molecule has 0 bridgehead atoms. The lowest BCUT2D eigenvalue weighted by molar-refractivity contribution is -0.137. The van der Waals surface area contributed by atoms with Gasteiger partial charge in [0.2, 0.25) is 0 Å². The maximum absolute atomic E-state index is 12.7. The first-order chi connectivity index (χ1) is 13.0. The van der Waals surface area contributed by atoms with Gasteiger partial charge in [0, 0.05) is 18.2 Å². The highest BCUT2D eigenvalue weighted by Crippen LogP contribution is 2.36. The van der Waals surface area contributed by atoms with Crippen LogP contribution in [0.25, 0.3) is 5.69 Å². The van der Waals surface area contributed by atoms with E-state index in [2.05, 4.69) is 20.4 Å². The van der Waals surface area contributed by atoms with E-state index >= 15 is 0 Å². The van der Waals surface area contributed by atoms with E-state index in [1.807, 2.05) is 24.3 Å². The van der Waals surface area contributed by atoms with E-state index in [9.17, 15) is 18.3 Å². The van der Waals surface area contributed by atoms with Crippen molar-refractivity contribution in [2.45, 2.75) is 18.6 Å². The Kier molecular flexibility index (Phi) is 4.31. The second kappa shape index (κ2) is 6.66. The number of aromatic nitrogens is 4. The molecule has 0 aliphatic carbocycles. The molecule has 140 valence electrons. The number of aliphatic hydroxyl groups is 1. The van der Waals surface area contributed by atoms with Gasteiger partial charge >= 0.3 is 6.18 Å². The standard InChI is InChI=1S/C18H16F3N5O/c19-18(20,21)13-5-7-14(8-6-13)26-17(22-23-24-26)10-25-9-12(11-27)15-3-1-2-4-16(15)25/h1-8,12,27H,9-11H2. The summed E-state index contributed by atoms with van der Waals surface area (Å²) in [5, 5.41) is 21.2. The minimum absolute atomic E-state index is 0.0107. The average Bonchev–Trinajstić information content (AvgIpc) is 3.26. The lowest BCUT2D eigenvalue weighted by atomic mass is 10.0. The van der Waals surface area contributed by atoms with Gasteiger partial charge in [-0.2, -0.15) is 17.9 Å². The third-order valence-corrected chi connectivity index (χ3v) is 4.68. The highest BCUT2D eigenvalue weighted by atomic mass is 19.4. The second-order valence-electron chi connectivity index (χ2n) is 6.37. The Morgan fingerprint density at radius 3 is 2.52 bits per heavy atom. The van der Waals surface area contributed by atoms with Crippen LogP contribution in [-0.4, -0.2) is 38.5 Å². The molecule has 27 heavy (non-hydrogen) atoms. The molecule has 1 unspecified atom stereocenters. The zero-order valence-electron chi connectivity index (χ0n) is 14.1. The van der Waals surface area contributed by atoms with E-state index in [1.54, 1.807) is 0 Å². The molecular formula is C18H16F3N5O. The topological polar surface area (TPSA) is 67.1 Å². The van der Waals surface area contributed by atoms with Crippen molar-refractivity contribution in [3.8, 4) is 5.69 Å². The summed E-state index contributed by atoms with van der Waals surface area (Å²) >= 11 is 0. The summed E-state index contributed by atoms with van der Waals surface area (Å²) in [7, 11) is 0. The van der Waals surface area contributed by atoms with E-state index in [1.165, 1.54) is 16.8 Å². The lowest BCUT2D eigenvalue weighted by Crippen LogP contribution is -2.24. The van der Waals surface area contributed by atoms with Crippen LogP contribution in [0.5, 0.6) is 0 Å². The van der Waals surface area contributed by atoms with Gasteiger partial charge in [-0.3, -0.25) is 0 Å². The maximum atomic E-state index is 12.7. The fraction of sp³-hybridized carbons (Fsp3) is 0.278. The van der Waals surface area contributed by atoms with Gasteiger partial charge in [-0.25, -0.2) is 0 Å². The number of fused-ring (bicyclic) bond motifs is 1. The van der Waals surface area contributed by atoms with Crippen LogP contribution < -0.4 is 4.90 Å². The summed E-state index contributed by atoms with van der Waals surface area (Å²) < 4.78 is 39.7. The first-order valence-corrected chi connectivity index (χ1v) is 8.37. The summed E-state index contributed by atoms with van der Waals surface area (Å²) in [5.41, 5.74) is 1.79. The summed E-state index contributed by atoms with van der Waals surface area (Å²) in [6, 6.07) is 12.5. The van der Waals surface area contributed by atoms with Crippen LogP contribution in [0, 0.1) is 0 Å². The van der Waals surface area contributed by atoms with Crippen molar-refractivity contribution in [2.75, 3.05) is 18.1 Å². The van der Waals surface area contributed by atoms with Crippen molar-refractivity contribution >= 4 is 5.69 Å². The molecule has 9 heteroatoms. The molecule has 0 saturated heterocycles. The van der Waals surface area contributed by atoms with E-state index in [-0.39, 0.29) is 12.5 Å². The SMILES string of the molecule is OCC1CN(Cc2nnnn2-c2ccc(C(F)(F)F)cc2)c2ccccc21. The van der Waals surface area contributed by atoms with E-state index in [0.717, 1.165) is 23.4 Å². The number of rotatable bonds is 4. The summed E-state index contributed by atoms with van der Waals surface area (Å²) in [6.07, 6.45) is -4.39. The number of halogens is 3. The van der Waals surface area contributed by atoms with Gasteiger partial charge in [0.05, 0.1) is 24.4 Å². The minimum atomic E-state index is -4.39. The molecule has 1 aliphatic heterocycles. The molecule has 1 N–H and O–H groups in total. The van der Waals surface area contributed by atoms with Crippen molar-refractivity contribution in [2.24, 2.45) is 0 Å². The van der Waals surface area contributed by atoms with Crippen LogP contribution in [0.3, 0.4) is 0 Å². The Balaban J connectivity index is 1.60. The van der Waals surface area contributed by atoms with Crippen LogP contribution in [0.15, 0.2) is 48.5 Å². The molecule has 1 atom stereocenters. The van der Waals surface area contributed by atoms with E-state index in [0.29, 0.717) is 24.6 Å². The number of alkyl halides is 3. The molecular weight excluding hydrogens is 359 g/mol. The quantitative estimate of drug-likeness (QED) is 0.760. The van der Waals surface area contributed by atoms with Crippen LogP contribution in [-0.2, 0) is 12.7 Å². The Hall–Kier alpha value is -2.94. The molecule has 3 aromatic rings. The van der Waals surface area contributed by atoms with Gasteiger partial charge in [0.15, 0.2) is 5.82 Å². The van der Waals surface area contributed by atoms with Gasteiger partial charge in [0.1, 0.15) is 0 Å². The molecule has 6 nitrogen and oxygen atoms in total. The van der Waals surface area contributed by atoms with E-state index < -0.39 is 11.7 Å². The van der Waals surface area contributed by atoms with Crippen molar-refractivity contribution in [3.63, 3.8) is 0 Å². The Labute approximate surface area is 152 Å². The predicted molar refractivity (Wildman–Crippen MR) is 91.5 cm³/mol. The van der Waals surface area contributed by atoms with Crippen LogP contribution >= 0.6 is 0 Å². The molecule has 1 aliphatic rings. The van der Waals surface area contributed by atoms with Gasteiger partial charge in [-0.1, -0.05) is 18.2 Å². The number of hydrogen-bond acceptors (Lipinski definition) is 5. The van der Waals surface area contributed by atoms with Crippen molar-refractivity contribution in [1.29, 1.82) is 0 Å². The zero-order chi connectivity index (χ0) is 19.0.